The molecule has 0 N–H and O–H groups in total. The minimum Gasteiger partial charge on any atom is -0.334 e. The number of carbonyl (C=O) groups is 1. The summed E-state index contributed by atoms with van der Waals surface area (Å²) in [7, 11) is 1.81. The molecule has 0 radical (unpaired) electrons. The third-order valence-corrected chi connectivity index (χ3v) is 4.30. The van der Waals surface area contributed by atoms with Gasteiger partial charge in [0.2, 0.25) is 0 Å². The Hall–Kier alpha value is -2.14. The number of halogens is 1. The molecule has 2 aromatic heterocycles. The van der Waals surface area contributed by atoms with E-state index in [-0.39, 0.29) is 11.9 Å². The Labute approximate surface area is 137 Å². The molecule has 2 heterocycles. The number of aromatic nitrogens is 2. The van der Waals surface area contributed by atoms with E-state index in [2.05, 4.69) is 21.0 Å². The molecule has 0 saturated heterocycles. The van der Waals surface area contributed by atoms with E-state index in [4.69, 9.17) is 0 Å². The molecule has 1 aromatic carbocycles. The molecule has 3 aromatic rings. The zero-order valence-electron chi connectivity index (χ0n) is 12.4. The van der Waals surface area contributed by atoms with E-state index in [0.29, 0.717) is 5.69 Å². The van der Waals surface area contributed by atoms with Crippen LogP contribution in [0.4, 0.5) is 0 Å². The topological polar surface area (TPSA) is 37.6 Å². The van der Waals surface area contributed by atoms with E-state index in [1.54, 1.807) is 16.5 Å². The minimum absolute atomic E-state index is 0.00903. The van der Waals surface area contributed by atoms with Gasteiger partial charge in [-0.15, -0.1) is 0 Å². The van der Waals surface area contributed by atoms with Crippen molar-refractivity contribution < 1.29 is 4.79 Å². The van der Waals surface area contributed by atoms with E-state index < -0.39 is 0 Å². The molecule has 1 amide bonds. The first kappa shape index (κ1) is 14.8. The number of carbonyl (C=O) groups excluding carboxylic acids is 1. The summed E-state index contributed by atoms with van der Waals surface area (Å²) in [5.74, 6) is -0.0869. The lowest BCUT2D eigenvalue weighted by Crippen LogP contribution is -2.30. The quantitative estimate of drug-likeness (QED) is 0.712. The maximum absolute atomic E-state index is 12.7. The molecule has 22 heavy (non-hydrogen) atoms. The maximum Gasteiger partial charge on any atom is 0.274 e. The lowest BCUT2D eigenvalue weighted by Gasteiger charge is -2.24. The molecule has 3 rings (SSSR count). The molecular formula is C17H16BrN3O. The van der Waals surface area contributed by atoms with Crippen LogP contribution in [0, 0.1) is 0 Å². The fourth-order valence-electron chi connectivity index (χ4n) is 2.38. The second kappa shape index (κ2) is 5.93. The van der Waals surface area contributed by atoms with Gasteiger partial charge in [0.15, 0.2) is 5.69 Å². The summed E-state index contributed by atoms with van der Waals surface area (Å²) in [6, 6.07) is 15.6. The van der Waals surface area contributed by atoms with Gasteiger partial charge in [0, 0.05) is 17.7 Å². The van der Waals surface area contributed by atoms with Crippen molar-refractivity contribution in [1.82, 2.24) is 14.5 Å². The van der Waals surface area contributed by atoms with Crippen LogP contribution in [0.2, 0.25) is 0 Å². The number of amides is 1. The van der Waals surface area contributed by atoms with E-state index in [1.807, 2.05) is 61.7 Å². The van der Waals surface area contributed by atoms with Crippen LogP contribution in [0.5, 0.6) is 0 Å². The predicted molar refractivity (Wildman–Crippen MR) is 89.8 cm³/mol. The number of hydrogen-bond acceptors (Lipinski definition) is 2. The number of nitrogens with zero attached hydrogens (tertiary/aromatic N) is 3. The maximum atomic E-state index is 12.7. The molecule has 112 valence electrons. The van der Waals surface area contributed by atoms with Crippen LogP contribution in [0.15, 0.2) is 59.2 Å². The van der Waals surface area contributed by atoms with Gasteiger partial charge in [0.25, 0.3) is 5.91 Å². The Morgan fingerprint density at radius 3 is 2.68 bits per heavy atom. The lowest BCUT2D eigenvalue weighted by atomic mass is 10.1. The summed E-state index contributed by atoms with van der Waals surface area (Å²) in [5.41, 5.74) is 2.44. The zero-order valence-corrected chi connectivity index (χ0v) is 14.0. The Bertz CT molecular complexity index is 813. The summed E-state index contributed by atoms with van der Waals surface area (Å²) < 4.78 is 2.63. The van der Waals surface area contributed by atoms with Gasteiger partial charge in [-0.1, -0.05) is 30.3 Å². The van der Waals surface area contributed by atoms with Crippen LogP contribution in [-0.2, 0) is 0 Å². The number of rotatable bonds is 3. The molecule has 0 aliphatic heterocycles. The predicted octanol–water partition coefficient (Wildman–Crippen LogP) is 3.93. The second-order valence-corrected chi connectivity index (χ2v) is 6.16. The molecule has 1 unspecified atom stereocenters. The second-order valence-electron chi connectivity index (χ2n) is 5.25. The lowest BCUT2D eigenvalue weighted by molar-refractivity contribution is 0.0736. The summed E-state index contributed by atoms with van der Waals surface area (Å²) in [5, 5.41) is 4.37. The third-order valence-electron chi connectivity index (χ3n) is 3.83. The molecule has 0 saturated carbocycles. The zero-order chi connectivity index (χ0) is 15.7. The first-order valence-electron chi connectivity index (χ1n) is 7.03. The standard InChI is InChI=1S/C17H16BrN3O/c1-12(13-6-4-3-5-7-13)20(2)17(22)16-10-15-9-8-14(18)11-21(15)19-16/h3-12H,1-2H3. The first-order valence-corrected chi connectivity index (χ1v) is 7.82. The molecule has 4 nitrogen and oxygen atoms in total. The SMILES string of the molecule is CC(c1ccccc1)N(C)C(=O)c1cc2ccc(Br)cn2n1. The van der Waals surface area contributed by atoms with E-state index >= 15 is 0 Å². The van der Waals surface area contributed by atoms with Crippen molar-refractivity contribution in [2.45, 2.75) is 13.0 Å². The average Bonchev–Trinajstić information content (AvgIpc) is 2.96. The largest absolute Gasteiger partial charge is 0.334 e. The van der Waals surface area contributed by atoms with Crippen molar-refractivity contribution >= 4 is 27.4 Å². The highest BCUT2D eigenvalue weighted by atomic mass is 79.9. The van der Waals surface area contributed by atoms with Crippen molar-refractivity contribution in [2.75, 3.05) is 7.05 Å². The van der Waals surface area contributed by atoms with Crippen LogP contribution < -0.4 is 0 Å². The summed E-state index contributed by atoms with van der Waals surface area (Å²) in [6.45, 7) is 2.01. The molecule has 0 aliphatic rings. The Balaban J connectivity index is 1.88. The Morgan fingerprint density at radius 1 is 1.23 bits per heavy atom. The molecule has 0 fully saturated rings. The highest BCUT2D eigenvalue weighted by Crippen LogP contribution is 2.21. The van der Waals surface area contributed by atoms with Crippen molar-refractivity contribution in [3.63, 3.8) is 0 Å². The van der Waals surface area contributed by atoms with E-state index in [0.717, 1.165) is 15.6 Å². The molecule has 1 atom stereocenters. The summed E-state index contributed by atoms with van der Waals surface area (Å²) in [6.07, 6.45) is 1.84. The van der Waals surface area contributed by atoms with Crippen molar-refractivity contribution in [2.24, 2.45) is 0 Å². The van der Waals surface area contributed by atoms with Gasteiger partial charge in [-0.3, -0.25) is 4.79 Å². The fraction of sp³-hybridized carbons (Fsp3) is 0.176. The minimum atomic E-state index is -0.0869. The number of benzene rings is 1. The highest BCUT2D eigenvalue weighted by molar-refractivity contribution is 9.10. The Morgan fingerprint density at radius 2 is 1.95 bits per heavy atom. The van der Waals surface area contributed by atoms with Crippen LogP contribution in [-0.4, -0.2) is 27.5 Å². The van der Waals surface area contributed by atoms with E-state index in [9.17, 15) is 4.79 Å². The molecule has 5 heteroatoms. The van der Waals surface area contributed by atoms with Gasteiger partial charge in [-0.2, -0.15) is 5.10 Å². The monoisotopic (exact) mass is 357 g/mol. The average molecular weight is 358 g/mol. The molecular weight excluding hydrogens is 342 g/mol. The van der Waals surface area contributed by atoms with Crippen LogP contribution in [0.1, 0.15) is 29.0 Å². The van der Waals surface area contributed by atoms with Gasteiger partial charge in [0.1, 0.15) is 0 Å². The first-order chi connectivity index (χ1) is 10.6. The van der Waals surface area contributed by atoms with Crippen molar-refractivity contribution in [3.8, 4) is 0 Å². The molecule has 0 bridgehead atoms. The van der Waals surface area contributed by atoms with Crippen molar-refractivity contribution in [3.05, 3.63) is 70.5 Å². The molecule has 0 spiro atoms. The highest BCUT2D eigenvalue weighted by Gasteiger charge is 2.21. The fourth-order valence-corrected chi connectivity index (χ4v) is 2.70. The van der Waals surface area contributed by atoms with Gasteiger partial charge in [-0.05, 0) is 46.6 Å². The summed E-state index contributed by atoms with van der Waals surface area (Å²) in [4.78, 5) is 14.4. The Kier molecular flexibility index (Phi) is 3.98. The van der Waals surface area contributed by atoms with Gasteiger partial charge in [0.05, 0.1) is 11.6 Å². The van der Waals surface area contributed by atoms with Gasteiger partial charge >= 0.3 is 0 Å². The van der Waals surface area contributed by atoms with Crippen LogP contribution in [0.25, 0.3) is 5.52 Å². The normalized spacial score (nSPS) is 12.3. The van der Waals surface area contributed by atoms with E-state index in [1.165, 1.54) is 0 Å². The third kappa shape index (κ3) is 2.76. The molecule has 0 aliphatic carbocycles. The van der Waals surface area contributed by atoms with Gasteiger partial charge in [-0.25, -0.2) is 4.52 Å². The number of pyridine rings is 1. The summed E-state index contributed by atoms with van der Waals surface area (Å²) >= 11 is 3.41. The smallest absolute Gasteiger partial charge is 0.274 e. The van der Waals surface area contributed by atoms with Gasteiger partial charge < -0.3 is 4.90 Å². The number of fused-ring (bicyclic) bond motifs is 1. The number of hydrogen-bond donors (Lipinski definition) is 0. The van der Waals surface area contributed by atoms with Crippen LogP contribution in [0.3, 0.4) is 0 Å². The van der Waals surface area contributed by atoms with Crippen molar-refractivity contribution in [1.29, 1.82) is 0 Å². The van der Waals surface area contributed by atoms with Crippen LogP contribution >= 0.6 is 15.9 Å².